The Hall–Kier alpha value is -2.75. The second-order valence-electron chi connectivity index (χ2n) is 9.05. The number of anilines is 3. The Bertz CT molecular complexity index is 1140. The average Bonchev–Trinajstić information content (AvgIpc) is 3.23. The molecule has 0 aliphatic carbocycles. The van der Waals surface area contributed by atoms with Gasteiger partial charge in [0.05, 0.1) is 36.2 Å². The van der Waals surface area contributed by atoms with E-state index in [1.807, 2.05) is 19.3 Å². The summed E-state index contributed by atoms with van der Waals surface area (Å²) >= 11 is 0. The van der Waals surface area contributed by atoms with E-state index in [2.05, 4.69) is 31.3 Å². The fourth-order valence-electron chi connectivity index (χ4n) is 5.42. The molecule has 11 nitrogen and oxygen atoms in total. The van der Waals surface area contributed by atoms with E-state index in [1.54, 1.807) is 17.1 Å². The van der Waals surface area contributed by atoms with E-state index in [1.165, 1.54) is 10.6 Å². The third-order valence-electron chi connectivity index (χ3n) is 6.77. The van der Waals surface area contributed by atoms with Gasteiger partial charge in [0.2, 0.25) is 16.0 Å². The summed E-state index contributed by atoms with van der Waals surface area (Å²) in [5.41, 5.74) is 0.447. The van der Waals surface area contributed by atoms with Crippen LogP contribution in [-0.2, 0) is 17.1 Å². The van der Waals surface area contributed by atoms with Gasteiger partial charge in [-0.2, -0.15) is 19.6 Å². The third kappa shape index (κ3) is 3.70. The van der Waals surface area contributed by atoms with Crippen molar-refractivity contribution in [3.63, 3.8) is 0 Å². The van der Waals surface area contributed by atoms with Gasteiger partial charge in [0.15, 0.2) is 0 Å². The Morgan fingerprint density at radius 2 is 2.00 bits per heavy atom. The van der Waals surface area contributed by atoms with Gasteiger partial charge in [0, 0.05) is 57.7 Å². The molecule has 3 aliphatic rings. The van der Waals surface area contributed by atoms with Crippen LogP contribution in [0.3, 0.4) is 0 Å². The zero-order chi connectivity index (χ0) is 22.5. The second kappa shape index (κ2) is 7.68. The van der Waals surface area contributed by atoms with Crippen LogP contribution >= 0.6 is 0 Å². The van der Waals surface area contributed by atoms with Crippen molar-refractivity contribution in [1.82, 2.24) is 29.0 Å². The third-order valence-corrected chi connectivity index (χ3v) is 7.97. The van der Waals surface area contributed by atoms with E-state index in [4.69, 9.17) is 4.98 Å². The largest absolute Gasteiger partial charge is 0.353 e. The number of rotatable bonds is 6. The number of nitrogens with zero attached hydrogens (tertiary/aromatic N) is 8. The van der Waals surface area contributed by atoms with Gasteiger partial charge in [-0.15, -0.1) is 0 Å². The van der Waals surface area contributed by atoms with Gasteiger partial charge in [-0.25, -0.2) is 13.4 Å². The number of aryl methyl sites for hydroxylation is 1. The van der Waals surface area contributed by atoms with Gasteiger partial charge in [-0.05, 0) is 18.9 Å². The van der Waals surface area contributed by atoms with Crippen molar-refractivity contribution in [2.75, 3.05) is 42.7 Å². The van der Waals surface area contributed by atoms with Crippen LogP contribution in [0.15, 0.2) is 24.7 Å². The minimum atomic E-state index is -3.23. The lowest BCUT2D eigenvalue weighted by Gasteiger charge is -2.58. The van der Waals surface area contributed by atoms with Crippen LogP contribution in [0.25, 0.3) is 0 Å². The first-order valence-electron chi connectivity index (χ1n) is 10.7. The highest BCUT2D eigenvalue weighted by Crippen LogP contribution is 2.43. The smallest absolute Gasteiger partial charge is 0.229 e. The zero-order valence-corrected chi connectivity index (χ0v) is 19.0. The average molecular weight is 458 g/mol. The SMILES string of the molecule is Cn1cc(Nc2nccc(N3CC4CCC(C3)N4C3(CC#N)CN(S(C)(=O)=O)C3)n2)cn1. The summed E-state index contributed by atoms with van der Waals surface area (Å²) in [5.74, 6) is 1.39. The number of aromatic nitrogens is 4. The lowest BCUT2D eigenvalue weighted by molar-refractivity contribution is -0.0479. The van der Waals surface area contributed by atoms with Gasteiger partial charge in [-0.3, -0.25) is 9.58 Å². The van der Waals surface area contributed by atoms with E-state index in [0.29, 0.717) is 25.5 Å². The highest BCUT2D eigenvalue weighted by atomic mass is 32.2. The predicted molar refractivity (Wildman–Crippen MR) is 119 cm³/mol. The van der Waals surface area contributed by atoms with Gasteiger partial charge in [0.1, 0.15) is 5.82 Å². The highest BCUT2D eigenvalue weighted by Gasteiger charge is 2.57. The van der Waals surface area contributed by atoms with Gasteiger partial charge < -0.3 is 10.2 Å². The van der Waals surface area contributed by atoms with Crippen molar-refractivity contribution in [1.29, 1.82) is 5.26 Å². The quantitative estimate of drug-likeness (QED) is 0.662. The summed E-state index contributed by atoms with van der Waals surface area (Å²) in [6, 6.07) is 4.77. The molecule has 2 bridgehead atoms. The number of sulfonamides is 1. The summed E-state index contributed by atoms with van der Waals surface area (Å²) in [6.45, 7) is 2.40. The lowest BCUT2D eigenvalue weighted by Crippen LogP contribution is -2.75. The molecule has 1 N–H and O–H groups in total. The molecule has 170 valence electrons. The molecule has 2 unspecified atom stereocenters. The van der Waals surface area contributed by atoms with E-state index in [-0.39, 0.29) is 17.6 Å². The van der Waals surface area contributed by atoms with Crippen molar-refractivity contribution in [3.05, 3.63) is 24.7 Å². The fourth-order valence-corrected chi connectivity index (χ4v) is 6.37. The monoisotopic (exact) mass is 457 g/mol. The van der Waals surface area contributed by atoms with Crippen LogP contribution in [0.2, 0.25) is 0 Å². The molecular weight excluding hydrogens is 430 g/mol. The maximum atomic E-state index is 12.0. The molecule has 32 heavy (non-hydrogen) atoms. The summed E-state index contributed by atoms with van der Waals surface area (Å²) in [7, 11) is -1.38. The maximum Gasteiger partial charge on any atom is 0.229 e. The Labute approximate surface area is 187 Å². The first-order valence-corrected chi connectivity index (χ1v) is 12.6. The summed E-state index contributed by atoms with van der Waals surface area (Å²) in [6.07, 6.45) is 9.01. The first-order chi connectivity index (χ1) is 15.3. The molecule has 12 heteroatoms. The molecule has 0 spiro atoms. The standard InChI is InChI=1S/C20H27N9O2S/c1-26-10-15(9-23-26)24-19-22-8-5-18(25-19)27-11-16-3-4-17(12-27)29(16)20(6-7-21)13-28(14-20)32(2,30)31/h5,8-10,16-17H,3-4,6,11-14H2,1-2H3,(H,22,24,25). The molecule has 2 atom stereocenters. The zero-order valence-electron chi connectivity index (χ0n) is 18.2. The molecule has 0 saturated carbocycles. The molecule has 2 aromatic heterocycles. The molecule has 5 rings (SSSR count). The van der Waals surface area contributed by atoms with Gasteiger partial charge >= 0.3 is 0 Å². The van der Waals surface area contributed by atoms with Crippen molar-refractivity contribution in [3.8, 4) is 6.07 Å². The lowest BCUT2D eigenvalue weighted by atomic mass is 9.84. The normalized spacial score (nSPS) is 25.3. The summed E-state index contributed by atoms with van der Waals surface area (Å²) in [5, 5.41) is 16.8. The first kappa shape index (κ1) is 21.1. The number of hydrogen-bond acceptors (Lipinski definition) is 9. The van der Waals surface area contributed by atoms with Crippen LogP contribution < -0.4 is 10.2 Å². The van der Waals surface area contributed by atoms with Gasteiger partial charge in [-0.1, -0.05) is 0 Å². The predicted octanol–water partition coefficient (Wildman–Crippen LogP) is 0.534. The molecule has 2 aromatic rings. The molecule has 3 aliphatic heterocycles. The van der Waals surface area contributed by atoms with E-state index < -0.39 is 10.0 Å². The second-order valence-corrected chi connectivity index (χ2v) is 11.0. The molecule has 5 heterocycles. The topological polar surface area (TPSA) is 123 Å². The van der Waals surface area contributed by atoms with Crippen molar-refractivity contribution < 1.29 is 8.42 Å². The van der Waals surface area contributed by atoms with Crippen molar-refractivity contribution in [2.45, 2.75) is 36.9 Å². The molecule has 3 saturated heterocycles. The molecule has 0 amide bonds. The van der Waals surface area contributed by atoms with E-state index >= 15 is 0 Å². The molecule has 0 radical (unpaired) electrons. The van der Waals surface area contributed by atoms with Crippen LogP contribution in [0.5, 0.6) is 0 Å². The van der Waals surface area contributed by atoms with Crippen LogP contribution in [0, 0.1) is 11.3 Å². The summed E-state index contributed by atoms with van der Waals surface area (Å²) < 4.78 is 27.1. The molecular formula is C20H27N9O2S. The molecule has 3 fully saturated rings. The van der Waals surface area contributed by atoms with Crippen LogP contribution in [-0.4, -0.2) is 87.4 Å². The minimum absolute atomic E-state index is 0.272. The van der Waals surface area contributed by atoms with E-state index in [9.17, 15) is 13.7 Å². The van der Waals surface area contributed by atoms with Crippen LogP contribution in [0.4, 0.5) is 17.5 Å². The van der Waals surface area contributed by atoms with Crippen molar-refractivity contribution >= 4 is 27.5 Å². The molecule has 0 aromatic carbocycles. The Morgan fingerprint density at radius 1 is 1.28 bits per heavy atom. The summed E-state index contributed by atoms with van der Waals surface area (Å²) in [4.78, 5) is 13.8. The maximum absolute atomic E-state index is 12.0. The van der Waals surface area contributed by atoms with Crippen LogP contribution in [0.1, 0.15) is 19.3 Å². The number of hydrogen-bond donors (Lipinski definition) is 1. The number of fused-ring (bicyclic) bond motifs is 2. The number of piperazine rings is 1. The van der Waals surface area contributed by atoms with Crippen molar-refractivity contribution in [2.24, 2.45) is 7.05 Å². The number of nitrogens with one attached hydrogen (secondary N) is 1. The number of nitriles is 1. The fraction of sp³-hybridized carbons (Fsp3) is 0.600. The Balaban J connectivity index is 1.32. The van der Waals surface area contributed by atoms with E-state index in [0.717, 1.165) is 37.4 Å². The minimum Gasteiger partial charge on any atom is -0.353 e. The Kier molecular flexibility index (Phi) is 5.07. The highest BCUT2D eigenvalue weighted by molar-refractivity contribution is 7.88. The van der Waals surface area contributed by atoms with Gasteiger partial charge in [0.25, 0.3) is 0 Å². The Morgan fingerprint density at radius 3 is 2.59 bits per heavy atom.